The molecule has 258 valence electrons. The van der Waals surface area contributed by atoms with Gasteiger partial charge >= 0.3 is 17.9 Å². The SMILES string of the molecule is CCCCCCCCCCCCCCCCCCCC/C=C/[N+](CC(CC)C(=O)O)(CC(CC)C(=O)O)CC(CC)C(=O)O. The lowest BCUT2D eigenvalue weighted by Crippen LogP contribution is -2.54. The molecule has 0 spiro atoms. The summed E-state index contributed by atoms with van der Waals surface area (Å²) in [6.45, 7) is 8.33. The number of carboxylic acids is 3. The molecule has 0 aromatic heterocycles. The van der Waals surface area contributed by atoms with E-state index in [-0.39, 0.29) is 24.1 Å². The Balaban J connectivity index is 4.63. The van der Waals surface area contributed by atoms with Crippen molar-refractivity contribution in [2.75, 3.05) is 19.6 Å². The van der Waals surface area contributed by atoms with Crippen molar-refractivity contribution >= 4 is 17.9 Å². The topological polar surface area (TPSA) is 112 Å². The smallest absolute Gasteiger partial charge is 0.312 e. The predicted molar refractivity (Wildman–Crippen MR) is 182 cm³/mol. The van der Waals surface area contributed by atoms with Crippen molar-refractivity contribution in [1.29, 1.82) is 0 Å². The fraction of sp³-hybridized carbons (Fsp3) is 0.865. The van der Waals surface area contributed by atoms with Gasteiger partial charge in [-0.05, 0) is 38.2 Å². The highest BCUT2D eigenvalue weighted by molar-refractivity contribution is 5.71. The standard InChI is InChI=1S/C37H69NO6/c1-5-9-10-11-12-13-14-15-16-17-18-19-20-21-22-23-24-25-26-27-28-38(29-32(6-2)35(39)40,30-33(7-3)36(41)42)31-34(8-4)37(43)44/h27-28,32-34H,5-26,29-31H2,1-4H3,(H2-,39,40,41,42,43,44)/p+1/b28-27+. The average molecular weight is 625 g/mol. The van der Waals surface area contributed by atoms with E-state index in [2.05, 4.69) is 6.92 Å². The van der Waals surface area contributed by atoms with Gasteiger partial charge < -0.3 is 15.3 Å². The van der Waals surface area contributed by atoms with Crippen LogP contribution in [0.4, 0.5) is 0 Å². The first-order chi connectivity index (χ1) is 21.2. The van der Waals surface area contributed by atoms with E-state index < -0.39 is 35.7 Å². The summed E-state index contributed by atoms with van der Waals surface area (Å²) in [4.78, 5) is 35.9. The van der Waals surface area contributed by atoms with Gasteiger partial charge in [0.05, 0.1) is 25.8 Å². The molecule has 0 aliphatic heterocycles. The zero-order valence-electron chi connectivity index (χ0n) is 29.1. The Morgan fingerprint density at radius 2 is 0.750 bits per heavy atom. The minimum atomic E-state index is -0.918. The van der Waals surface area contributed by atoms with Crippen molar-refractivity contribution in [1.82, 2.24) is 0 Å². The molecule has 0 aliphatic carbocycles. The van der Waals surface area contributed by atoms with Gasteiger partial charge in [-0.1, -0.05) is 137 Å². The van der Waals surface area contributed by atoms with Crippen LogP contribution in [-0.2, 0) is 14.4 Å². The average Bonchev–Trinajstić information content (AvgIpc) is 2.99. The number of aliphatic carboxylic acids is 3. The van der Waals surface area contributed by atoms with Crippen LogP contribution in [0.25, 0.3) is 0 Å². The Morgan fingerprint density at radius 1 is 0.477 bits per heavy atom. The van der Waals surface area contributed by atoms with Crippen molar-refractivity contribution in [3.05, 3.63) is 12.3 Å². The quantitative estimate of drug-likeness (QED) is 0.0507. The van der Waals surface area contributed by atoms with Crippen LogP contribution >= 0.6 is 0 Å². The molecule has 0 amide bonds. The first kappa shape index (κ1) is 42.1. The van der Waals surface area contributed by atoms with E-state index in [0.29, 0.717) is 19.3 Å². The predicted octanol–water partition coefficient (Wildman–Crippen LogP) is 10.1. The monoisotopic (exact) mass is 625 g/mol. The second-order valence-electron chi connectivity index (χ2n) is 13.3. The summed E-state index contributed by atoms with van der Waals surface area (Å²) in [6.07, 6.45) is 30.0. The number of hydrogen-bond acceptors (Lipinski definition) is 3. The minimum absolute atomic E-state index is 0.0828. The summed E-state index contributed by atoms with van der Waals surface area (Å²) in [5.41, 5.74) is 0. The van der Waals surface area contributed by atoms with Crippen LogP contribution in [-0.4, -0.2) is 57.3 Å². The lowest BCUT2D eigenvalue weighted by molar-refractivity contribution is -0.887. The van der Waals surface area contributed by atoms with E-state index in [1.165, 1.54) is 103 Å². The molecule has 0 fully saturated rings. The molecule has 0 rings (SSSR count). The van der Waals surface area contributed by atoms with E-state index in [0.717, 1.165) is 19.3 Å². The molecule has 7 nitrogen and oxygen atoms in total. The Morgan fingerprint density at radius 3 is 1.00 bits per heavy atom. The normalized spacial score (nSPS) is 15.2. The second kappa shape index (κ2) is 27.4. The molecule has 3 unspecified atom stereocenters. The number of hydrogen-bond donors (Lipinski definition) is 3. The van der Waals surface area contributed by atoms with Crippen molar-refractivity contribution in [2.24, 2.45) is 17.8 Å². The first-order valence-corrected chi connectivity index (χ1v) is 18.4. The lowest BCUT2D eigenvalue weighted by atomic mass is 9.96. The summed E-state index contributed by atoms with van der Waals surface area (Å²) < 4.78 is 0.0828. The largest absolute Gasteiger partial charge is 0.481 e. The van der Waals surface area contributed by atoms with E-state index in [4.69, 9.17) is 0 Å². The first-order valence-electron chi connectivity index (χ1n) is 18.4. The Kier molecular flexibility index (Phi) is 26.2. The van der Waals surface area contributed by atoms with Crippen LogP contribution in [0.15, 0.2) is 12.3 Å². The van der Waals surface area contributed by atoms with E-state index >= 15 is 0 Å². The molecule has 0 saturated carbocycles. The van der Waals surface area contributed by atoms with Crippen LogP contribution in [0.2, 0.25) is 0 Å². The summed E-state index contributed by atoms with van der Waals surface area (Å²) >= 11 is 0. The lowest BCUT2D eigenvalue weighted by Gasteiger charge is -2.40. The number of quaternary nitrogens is 1. The molecular formula is C37H70NO6+. The molecule has 3 atom stereocenters. The fourth-order valence-corrected chi connectivity index (χ4v) is 6.33. The Hall–Kier alpha value is -1.89. The van der Waals surface area contributed by atoms with Gasteiger partial charge in [0.15, 0.2) is 0 Å². The molecule has 0 saturated heterocycles. The molecule has 0 heterocycles. The summed E-state index contributed by atoms with van der Waals surface area (Å²) in [7, 11) is 0. The van der Waals surface area contributed by atoms with Crippen molar-refractivity contribution in [3.8, 4) is 0 Å². The van der Waals surface area contributed by atoms with E-state index in [9.17, 15) is 29.7 Å². The zero-order chi connectivity index (χ0) is 33.1. The summed E-state index contributed by atoms with van der Waals surface area (Å²) in [5.74, 6) is -4.75. The van der Waals surface area contributed by atoms with Gasteiger partial charge in [0, 0.05) is 0 Å². The van der Waals surface area contributed by atoms with Gasteiger partial charge in [-0.15, -0.1) is 0 Å². The van der Waals surface area contributed by atoms with Crippen LogP contribution in [0, 0.1) is 17.8 Å². The molecule has 0 aromatic carbocycles. The van der Waals surface area contributed by atoms with Gasteiger partial charge in [0.25, 0.3) is 0 Å². The van der Waals surface area contributed by atoms with E-state index in [1.54, 1.807) is 0 Å². The third-order valence-electron chi connectivity index (χ3n) is 9.42. The molecule has 0 aliphatic rings. The highest BCUT2D eigenvalue weighted by atomic mass is 16.4. The molecule has 3 N–H and O–H groups in total. The highest BCUT2D eigenvalue weighted by Crippen LogP contribution is 2.25. The number of nitrogens with zero attached hydrogens (tertiary/aromatic N) is 1. The third kappa shape index (κ3) is 21.0. The van der Waals surface area contributed by atoms with E-state index in [1.807, 2.05) is 33.0 Å². The summed E-state index contributed by atoms with van der Waals surface area (Å²) in [5, 5.41) is 29.4. The van der Waals surface area contributed by atoms with Gasteiger partial charge in [0.1, 0.15) is 17.8 Å². The molecule has 0 radical (unpaired) electrons. The van der Waals surface area contributed by atoms with Crippen LogP contribution in [0.1, 0.15) is 169 Å². The van der Waals surface area contributed by atoms with Gasteiger partial charge in [-0.2, -0.15) is 0 Å². The highest BCUT2D eigenvalue weighted by Gasteiger charge is 2.39. The number of carboxylic acid groups (broad SMARTS) is 3. The van der Waals surface area contributed by atoms with Gasteiger partial charge in [-0.25, -0.2) is 0 Å². The van der Waals surface area contributed by atoms with Crippen molar-refractivity contribution < 1.29 is 34.2 Å². The Bertz CT molecular complexity index is 707. The zero-order valence-corrected chi connectivity index (χ0v) is 29.1. The molecule has 0 aromatic rings. The van der Waals surface area contributed by atoms with Crippen LogP contribution in [0.3, 0.4) is 0 Å². The van der Waals surface area contributed by atoms with Gasteiger partial charge in [0.2, 0.25) is 0 Å². The molecule has 44 heavy (non-hydrogen) atoms. The second-order valence-corrected chi connectivity index (χ2v) is 13.3. The maximum absolute atomic E-state index is 12.0. The van der Waals surface area contributed by atoms with Gasteiger partial charge in [-0.3, -0.25) is 18.9 Å². The minimum Gasteiger partial charge on any atom is -0.481 e. The molecule has 7 heteroatoms. The third-order valence-corrected chi connectivity index (χ3v) is 9.42. The van der Waals surface area contributed by atoms with Crippen molar-refractivity contribution in [3.63, 3.8) is 0 Å². The van der Waals surface area contributed by atoms with Crippen LogP contribution < -0.4 is 0 Å². The molecular weight excluding hydrogens is 554 g/mol. The van der Waals surface area contributed by atoms with Crippen LogP contribution in [0.5, 0.6) is 0 Å². The number of rotatable bonds is 32. The summed E-state index contributed by atoms with van der Waals surface area (Å²) in [6, 6.07) is 0. The molecule has 0 bridgehead atoms. The maximum atomic E-state index is 12.0. The Labute approximate surface area is 270 Å². The number of allylic oxidation sites excluding steroid dienone is 1. The maximum Gasteiger partial charge on any atom is 0.312 e. The number of carbonyl (C=O) groups is 3. The van der Waals surface area contributed by atoms with Crippen molar-refractivity contribution in [2.45, 2.75) is 169 Å². The number of unbranched alkanes of at least 4 members (excludes halogenated alkanes) is 18. The fourth-order valence-electron chi connectivity index (χ4n) is 6.33.